The Balaban J connectivity index is 1.60. The highest BCUT2D eigenvalue weighted by atomic mass is 19.1. The van der Waals surface area contributed by atoms with Crippen LogP contribution in [0.15, 0.2) is 60.7 Å². The van der Waals surface area contributed by atoms with Gasteiger partial charge in [-0.25, -0.2) is 4.39 Å². The van der Waals surface area contributed by atoms with Gasteiger partial charge in [-0.05, 0) is 85.2 Å². The summed E-state index contributed by atoms with van der Waals surface area (Å²) in [5, 5.41) is 0. The number of halogens is 1. The Morgan fingerprint density at radius 2 is 1.74 bits per heavy atom. The molecule has 0 saturated carbocycles. The number of methoxy groups -OCH3 is 2. The molecule has 0 amide bonds. The van der Waals surface area contributed by atoms with E-state index in [9.17, 15) is 4.79 Å². The Labute approximate surface area is 231 Å². The van der Waals surface area contributed by atoms with Crippen LogP contribution >= 0.6 is 0 Å². The minimum atomic E-state index is -0.265. The SMILES string of the molecule is COC(=O)C[C@@H](C)c1cccc(OCc2ccc(-c3cc(OC)ccc3F)c(CN3[C@@H](C)CCC[C@@H]3C)c2)c1. The smallest absolute Gasteiger partial charge is 0.306 e. The fourth-order valence-electron chi connectivity index (χ4n) is 5.48. The molecule has 6 heteroatoms. The van der Waals surface area contributed by atoms with Crippen LogP contribution < -0.4 is 9.47 Å². The average molecular weight is 534 g/mol. The van der Waals surface area contributed by atoms with Crippen molar-refractivity contribution in [3.8, 4) is 22.6 Å². The molecule has 0 N–H and O–H groups in total. The number of carbonyl (C=O) groups is 1. The third kappa shape index (κ3) is 7.18. The van der Waals surface area contributed by atoms with E-state index in [2.05, 4.69) is 24.8 Å². The third-order valence-electron chi connectivity index (χ3n) is 7.90. The number of benzene rings is 3. The van der Waals surface area contributed by atoms with E-state index in [0.717, 1.165) is 34.5 Å². The van der Waals surface area contributed by atoms with Crippen LogP contribution in [0.4, 0.5) is 4.39 Å². The fraction of sp³-hybridized carbons (Fsp3) is 0.424. The summed E-state index contributed by atoms with van der Waals surface area (Å²) in [5.41, 5.74) is 4.53. The summed E-state index contributed by atoms with van der Waals surface area (Å²) in [7, 11) is 3.00. The van der Waals surface area contributed by atoms with Gasteiger partial charge in [0.2, 0.25) is 0 Å². The lowest BCUT2D eigenvalue weighted by atomic mass is 9.93. The number of hydrogen-bond donors (Lipinski definition) is 0. The molecule has 5 nitrogen and oxygen atoms in total. The highest BCUT2D eigenvalue weighted by molar-refractivity contribution is 5.71. The number of likely N-dealkylation sites (tertiary alicyclic amines) is 1. The summed E-state index contributed by atoms with van der Waals surface area (Å²) >= 11 is 0. The highest BCUT2D eigenvalue weighted by Gasteiger charge is 2.26. The summed E-state index contributed by atoms with van der Waals surface area (Å²) < 4.78 is 31.5. The molecule has 3 aromatic rings. The van der Waals surface area contributed by atoms with Crippen LogP contribution in [0.3, 0.4) is 0 Å². The van der Waals surface area contributed by atoms with Crippen molar-refractivity contribution in [1.29, 1.82) is 0 Å². The number of carbonyl (C=O) groups excluding carboxylic acids is 1. The van der Waals surface area contributed by atoms with Gasteiger partial charge in [0.1, 0.15) is 23.9 Å². The van der Waals surface area contributed by atoms with Gasteiger partial charge in [-0.15, -0.1) is 0 Å². The average Bonchev–Trinajstić information content (AvgIpc) is 2.94. The van der Waals surface area contributed by atoms with E-state index < -0.39 is 0 Å². The van der Waals surface area contributed by atoms with Gasteiger partial charge < -0.3 is 14.2 Å². The molecular weight excluding hydrogens is 493 g/mol. The van der Waals surface area contributed by atoms with E-state index in [0.29, 0.717) is 36.4 Å². The molecule has 4 rings (SSSR count). The van der Waals surface area contributed by atoms with Gasteiger partial charge in [-0.1, -0.05) is 43.7 Å². The van der Waals surface area contributed by atoms with E-state index in [1.165, 1.54) is 32.4 Å². The Morgan fingerprint density at radius 1 is 0.974 bits per heavy atom. The molecule has 1 heterocycles. The molecule has 1 saturated heterocycles. The van der Waals surface area contributed by atoms with Crippen molar-refractivity contribution < 1.29 is 23.4 Å². The van der Waals surface area contributed by atoms with Gasteiger partial charge in [-0.2, -0.15) is 0 Å². The molecule has 0 aliphatic carbocycles. The van der Waals surface area contributed by atoms with Gasteiger partial charge >= 0.3 is 5.97 Å². The third-order valence-corrected chi connectivity index (χ3v) is 7.90. The maximum atomic E-state index is 15.1. The van der Waals surface area contributed by atoms with Crippen molar-refractivity contribution in [2.45, 2.75) is 77.6 Å². The van der Waals surface area contributed by atoms with Gasteiger partial charge in [-0.3, -0.25) is 9.69 Å². The molecule has 1 aliphatic rings. The van der Waals surface area contributed by atoms with Crippen LogP contribution in [-0.4, -0.2) is 37.2 Å². The summed E-state index contributed by atoms with van der Waals surface area (Å²) in [5.74, 6) is 0.904. The lowest BCUT2D eigenvalue weighted by Gasteiger charge is -2.39. The zero-order valence-electron chi connectivity index (χ0n) is 23.7. The van der Waals surface area contributed by atoms with E-state index in [-0.39, 0.29) is 17.7 Å². The second-order valence-electron chi connectivity index (χ2n) is 10.7. The summed E-state index contributed by atoms with van der Waals surface area (Å²) in [6, 6.07) is 19.8. The topological polar surface area (TPSA) is 48.0 Å². The van der Waals surface area contributed by atoms with E-state index >= 15 is 4.39 Å². The van der Waals surface area contributed by atoms with Crippen LogP contribution in [0.5, 0.6) is 11.5 Å². The molecule has 1 fully saturated rings. The maximum absolute atomic E-state index is 15.1. The molecule has 0 bridgehead atoms. The monoisotopic (exact) mass is 533 g/mol. The van der Waals surface area contributed by atoms with Crippen LogP contribution in [0.1, 0.15) is 69.1 Å². The first-order valence-corrected chi connectivity index (χ1v) is 13.8. The van der Waals surface area contributed by atoms with Crippen LogP contribution in [0, 0.1) is 5.82 Å². The summed E-state index contributed by atoms with van der Waals surface area (Å²) in [6.07, 6.45) is 3.89. The lowest BCUT2D eigenvalue weighted by Crippen LogP contribution is -2.43. The normalized spacial score (nSPS) is 18.4. The molecule has 208 valence electrons. The van der Waals surface area contributed by atoms with Crippen molar-refractivity contribution >= 4 is 5.97 Å². The molecule has 0 spiro atoms. The zero-order valence-corrected chi connectivity index (χ0v) is 23.7. The first kappa shape index (κ1) is 28.6. The number of ether oxygens (including phenoxy) is 3. The number of nitrogens with zero attached hydrogens (tertiary/aromatic N) is 1. The van der Waals surface area contributed by atoms with E-state index in [1.807, 2.05) is 43.3 Å². The number of hydrogen-bond acceptors (Lipinski definition) is 5. The largest absolute Gasteiger partial charge is 0.497 e. The van der Waals surface area contributed by atoms with Crippen molar-refractivity contribution in [3.63, 3.8) is 0 Å². The zero-order chi connectivity index (χ0) is 27.9. The Kier molecular flexibility index (Phi) is 9.63. The standard InChI is InChI=1S/C33H40FNO4/c1-22(16-33(36)38-5)26-10-7-11-29(18-26)39-21-25-12-14-30(31-19-28(37-4)13-15-32(31)34)27(17-25)20-35-23(2)8-6-9-24(35)3/h7,10-15,17-19,22-24H,6,8-9,16,20-21H2,1-5H3/t22-,23+,24+/m1/s1. The van der Waals surface area contributed by atoms with Crippen molar-refractivity contribution in [2.24, 2.45) is 0 Å². The van der Waals surface area contributed by atoms with Crippen molar-refractivity contribution in [3.05, 3.63) is 83.2 Å². The summed E-state index contributed by atoms with van der Waals surface area (Å²) in [6.45, 7) is 7.68. The Bertz CT molecular complexity index is 1270. The highest BCUT2D eigenvalue weighted by Crippen LogP contribution is 2.34. The molecule has 1 aliphatic heterocycles. The predicted molar refractivity (Wildman–Crippen MR) is 153 cm³/mol. The molecule has 0 unspecified atom stereocenters. The number of piperidine rings is 1. The maximum Gasteiger partial charge on any atom is 0.306 e. The molecular formula is C33H40FNO4. The molecule has 3 atom stereocenters. The lowest BCUT2D eigenvalue weighted by molar-refractivity contribution is -0.140. The van der Waals surface area contributed by atoms with Gasteiger partial charge in [0.15, 0.2) is 0 Å². The predicted octanol–water partition coefficient (Wildman–Crippen LogP) is 7.51. The van der Waals surface area contributed by atoms with Gasteiger partial charge in [0, 0.05) is 24.2 Å². The fourth-order valence-corrected chi connectivity index (χ4v) is 5.48. The number of esters is 1. The first-order valence-electron chi connectivity index (χ1n) is 13.8. The Morgan fingerprint density at radius 3 is 2.46 bits per heavy atom. The van der Waals surface area contributed by atoms with Crippen LogP contribution in [0.2, 0.25) is 0 Å². The second-order valence-corrected chi connectivity index (χ2v) is 10.7. The molecule has 39 heavy (non-hydrogen) atoms. The van der Waals surface area contributed by atoms with Crippen molar-refractivity contribution in [1.82, 2.24) is 4.90 Å². The van der Waals surface area contributed by atoms with E-state index in [4.69, 9.17) is 14.2 Å². The first-order chi connectivity index (χ1) is 18.8. The van der Waals surface area contributed by atoms with Crippen molar-refractivity contribution in [2.75, 3.05) is 14.2 Å². The van der Waals surface area contributed by atoms with Crippen LogP contribution in [0.25, 0.3) is 11.1 Å². The minimum Gasteiger partial charge on any atom is -0.497 e. The summed E-state index contributed by atoms with van der Waals surface area (Å²) in [4.78, 5) is 14.2. The van der Waals surface area contributed by atoms with E-state index in [1.54, 1.807) is 19.2 Å². The second kappa shape index (κ2) is 13.1. The minimum absolute atomic E-state index is 0.0261. The Hall–Kier alpha value is -3.38. The molecule has 0 aromatic heterocycles. The van der Waals surface area contributed by atoms with Gasteiger partial charge in [0.25, 0.3) is 0 Å². The number of rotatable bonds is 10. The molecule has 3 aromatic carbocycles. The van der Waals surface area contributed by atoms with Gasteiger partial charge in [0.05, 0.1) is 20.6 Å². The van der Waals surface area contributed by atoms with Crippen LogP contribution in [-0.2, 0) is 22.7 Å². The molecule has 0 radical (unpaired) electrons. The quantitative estimate of drug-likeness (QED) is 0.252.